The highest BCUT2D eigenvalue weighted by atomic mass is 32.2. The lowest BCUT2D eigenvalue weighted by Gasteiger charge is -2.00. The van der Waals surface area contributed by atoms with Gasteiger partial charge in [-0.3, -0.25) is 0 Å². The van der Waals surface area contributed by atoms with E-state index in [0.29, 0.717) is 4.77 Å². The van der Waals surface area contributed by atoms with Crippen LogP contribution in [0, 0.1) is 0 Å². The Balaban J connectivity index is 2.14. The third-order valence-corrected chi connectivity index (χ3v) is 3.10. The van der Waals surface area contributed by atoms with Gasteiger partial charge in [0.1, 0.15) is 4.77 Å². The van der Waals surface area contributed by atoms with Crippen molar-refractivity contribution in [1.29, 1.82) is 0 Å². The molecule has 3 heteroatoms. The Morgan fingerprint density at radius 3 is 3.00 bits per heavy atom. The van der Waals surface area contributed by atoms with E-state index in [2.05, 4.69) is 6.26 Å². The monoisotopic (exact) mass is 136 g/mol. The second kappa shape index (κ2) is 2.84. The first kappa shape index (κ1) is 5.79. The van der Waals surface area contributed by atoms with Gasteiger partial charge < -0.3 is 4.74 Å². The summed E-state index contributed by atoms with van der Waals surface area (Å²) in [6.07, 6.45) is 2.07. The van der Waals surface area contributed by atoms with E-state index in [9.17, 15) is 0 Å². The van der Waals surface area contributed by atoms with Gasteiger partial charge in [-0.05, 0) is 6.26 Å². The molecule has 0 spiro atoms. The summed E-state index contributed by atoms with van der Waals surface area (Å²) in [6.45, 7) is 0.941. The first-order valence-electron chi connectivity index (χ1n) is 2.19. The molecule has 0 aromatic carbocycles. The van der Waals surface area contributed by atoms with Crippen LogP contribution in [0.4, 0.5) is 0 Å². The topological polar surface area (TPSA) is 9.23 Å². The lowest BCUT2D eigenvalue weighted by molar-refractivity contribution is 0.197. The molecule has 1 fully saturated rings. The van der Waals surface area contributed by atoms with Gasteiger partial charge in [0.2, 0.25) is 0 Å². The largest absolute Gasteiger partial charge is 0.357 e. The van der Waals surface area contributed by atoms with E-state index in [1.54, 1.807) is 11.8 Å². The predicted molar refractivity (Wildman–Crippen MR) is 35.7 cm³/mol. The molecule has 1 nitrogen and oxygen atoms in total. The molecule has 0 bridgehead atoms. The fourth-order valence-corrected chi connectivity index (χ4v) is 2.12. The second-order valence-electron chi connectivity index (χ2n) is 1.27. The summed E-state index contributed by atoms with van der Waals surface area (Å²) in [6, 6.07) is 0. The minimum absolute atomic E-state index is 0.431. The molecule has 0 aromatic heterocycles. The standard InChI is InChI=1S/C4H8OS2/c1-6-4-5-2-3-7-4/h4H,2-3H2,1H3. The molecule has 0 amide bonds. The molecule has 1 saturated heterocycles. The van der Waals surface area contributed by atoms with Crippen molar-refractivity contribution in [3.8, 4) is 0 Å². The van der Waals surface area contributed by atoms with Crippen LogP contribution >= 0.6 is 23.5 Å². The number of ether oxygens (including phenoxy) is 1. The minimum Gasteiger partial charge on any atom is -0.357 e. The van der Waals surface area contributed by atoms with Crippen molar-refractivity contribution in [3.63, 3.8) is 0 Å². The zero-order valence-electron chi connectivity index (χ0n) is 4.22. The predicted octanol–water partition coefficient (Wildman–Crippen LogP) is 1.40. The lowest BCUT2D eigenvalue weighted by Crippen LogP contribution is -1.91. The van der Waals surface area contributed by atoms with Gasteiger partial charge in [-0.15, -0.1) is 23.5 Å². The Labute approximate surface area is 52.2 Å². The van der Waals surface area contributed by atoms with Crippen molar-refractivity contribution in [2.75, 3.05) is 18.6 Å². The number of rotatable bonds is 1. The average Bonchev–Trinajstić information content (AvgIpc) is 2.14. The molecule has 0 N–H and O–H groups in total. The minimum atomic E-state index is 0.431. The lowest BCUT2D eigenvalue weighted by atomic mass is 10.9. The van der Waals surface area contributed by atoms with Gasteiger partial charge in [0.05, 0.1) is 6.61 Å². The smallest absolute Gasteiger partial charge is 0.149 e. The molecule has 42 valence electrons. The van der Waals surface area contributed by atoms with E-state index < -0.39 is 0 Å². The Kier molecular flexibility index (Phi) is 2.35. The van der Waals surface area contributed by atoms with Crippen molar-refractivity contribution < 1.29 is 4.74 Å². The zero-order valence-corrected chi connectivity index (χ0v) is 5.85. The maximum Gasteiger partial charge on any atom is 0.149 e. The van der Waals surface area contributed by atoms with Crippen molar-refractivity contribution in [2.24, 2.45) is 0 Å². The van der Waals surface area contributed by atoms with Crippen LogP contribution in [-0.4, -0.2) is 23.4 Å². The van der Waals surface area contributed by atoms with Crippen LogP contribution in [0.25, 0.3) is 0 Å². The van der Waals surface area contributed by atoms with E-state index in [-0.39, 0.29) is 0 Å². The van der Waals surface area contributed by atoms with Crippen LogP contribution < -0.4 is 0 Å². The molecule has 0 radical (unpaired) electrons. The Morgan fingerprint density at radius 1 is 1.86 bits per heavy atom. The quantitative estimate of drug-likeness (QED) is 0.539. The molecule has 1 rings (SSSR count). The SMILES string of the molecule is CSC1OCCS1. The third-order valence-electron chi connectivity index (χ3n) is 0.784. The van der Waals surface area contributed by atoms with Crippen molar-refractivity contribution >= 4 is 23.5 Å². The van der Waals surface area contributed by atoms with Gasteiger partial charge in [-0.25, -0.2) is 0 Å². The van der Waals surface area contributed by atoms with Gasteiger partial charge >= 0.3 is 0 Å². The first-order valence-corrected chi connectivity index (χ1v) is 4.53. The van der Waals surface area contributed by atoms with E-state index >= 15 is 0 Å². The molecule has 1 aliphatic heterocycles. The molecule has 1 heterocycles. The summed E-state index contributed by atoms with van der Waals surface area (Å²) in [5, 5.41) is 0. The molecular formula is C4H8OS2. The molecule has 1 aliphatic rings. The van der Waals surface area contributed by atoms with Crippen molar-refractivity contribution in [1.82, 2.24) is 0 Å². The summed E-state index contributed by atoms with van der Waals surface area (Å²) in [7, 11) is 0. The summed E-state index contributed by atoms with van der Waals surface area (Å²) < 4.78 is 5.66. The summed E-state index contributed by atoms with van der Waals surface area (Å²) >= 11 is 3.66. The highest BCUT2D eigenvalue weighted by Crippen LogP contribution is 2.27. The molecule has 7 heavy (non-hydrogen) atoms. The second-order valence-corrected chi connectivity index (χ2v) is 3.63. The maximum absolute atomic E-state index is 5.23. The molecule has 0 aromatic rings. The van der Waals surface area contributed by atoms with E-state index in [1.807, 2.05) is 11.8 Å². The van der Waals surface area contributed by atoms with Gasteiger partial charge in [0, 0.05) is 5.75 Å². The van der Waals surface area contributed by atoms with Crippen molar-refractivity contribution in [2.45, 2.75) is 4.77 Å². The fourth-order valence-electron chi connectivity index (χ4n) is 0.473. The van der Waals surface area contributed by atoms with E-state index in [4.69, 9.17) is 4.74 Å². The Morgan fingerprint density at radius 2 is 2.71 bits per heavy atom. The summed E-state index contributed by atoms with van der Waals surface area (Å²) in [4.78, 5) is 0. The van der Waals surface area contributed by atoms with Crippen LogP contribution in [0.5, 0.6) is 0 Å². The van der Waals surface area contributed by atoms with Crippen LogP contribution in [0.15, 0.2) is 0 Å². The molecule has 1 atom stereocenters. The number of hydrogen-bond acceptors (Lipinski definition) is 3. The van der Waals surface area contributed by atoms with Gasteiger partial charge in [0.15, 0.2) is 0 Å². The van der Waals surface area contributed by atoms with Crippen LogP contribution in [0.3, 0.4) is 0 Å². The highest BCUT2D eigenvalue weighted by Gasteiger charge is 2.12. The fraction of sp³-hybridized carbons (Fsp3) is 1.00. The first-order chi connectivity index (χ1) is 3.43. The van der Waals surface area contributed by atoms with Gasteiger partial charge in [-0.2, -0.15) is 0 Å². The average molecular weight is 136 g/mol. The Bertz CT molecular complexity index is 51.7. The summed E-state index contributed by atoms with van der Waals surface area (Å²) in [5.74, 6) is 1.17. The van der Waals surface area contributed by atoms with Crippen LogP contribution in [0.1, 0.15) is 0 Å². The molecular weight excluding hydrogens is 128 g/mol. The molecule has 1 unspecified atom stereocenters. The Hall–Kier alpha value is 0.660. The van der Waals surface area contributed by atoms with Gasteiger partial charge in [0.25, 0.3) is 0 Å². The van der Waals surface area contributed by atoms with Crippen LogP contribution in [0.2, 0.25) is 0 Å². The molecule has 0 aliphatic carbocycles. The van der Waals surface area contributed by atoms with Crippen LogP contribution in [-0.2, 0) is 4.74 Å². The number of hydrogen-bond donors (Lipinski definition) is 0. The molecule has 0 saturated carbocycles. The summed E-state index contributed by atoms with van der Waals surface area (Å²) in [5.41, 5.74) is 0. The van der Waals surface area contributed by atoms with E-state index in [0.717, 1.165) is 6.61 Å². The van der Waals surface area contributed by atoms with E-state index in [1.165, 1.54) is 5.75 Å². The number of thioether (sulfide) groups is 2. The zero-order chi connectivity index (χ0) is 5.11. The normalized spacial score (nSPS) is 31.3. The van der Waals surface area contributed by atoms with Gasteiger partial charge in [-0.1, -0.05) is 0 Å². The van der Waals surface area contributed by atoms with Crippen molar-refractivity contribution in [3.05, 3.63) is 0 Å². The maximum atomic E-state index is 5.23. The third kappa shape index (κ3) is 1.55. The highest BCUT2D eigenvalue weighted by molar-refractivity contribution is 8.16.